The number of likely N-dealkylation sites (tertiary alicyclic amines) is 1. The molecule has 0 bridgehead atoms. The number of hydrogen-bond donors (Lipinski definition) is 2. The monoisotopic (exact) mass is 225 g/mol. The molecule has 2 unspecified atom stereocenters. The van der Waals surface area contributed by atoms with Gasteiger partial charge >= 0.3 is 6.03 Å². The molecule has 0 aromatic heterocycles. The molecule has 4 nitrogen and oxygen atoms in total. The summed E-state index contributed by atoms with van der Waals surface area (Å²) in [5.41, 5.74) is 0. The maximum absolute atomic E-state index is 12.0. The molecule has 2 atom stereocenters. The summed E-state index contributed by atoms with van der Waals surface area (Å²) in [7, 11) is 0. The van der Waals surface area contributed by atoms with E-state index in [1.807, 2.05) is 18.7 Å². The van der Waals surface area contributed by atoms with Crippen molar-refractivity contribution in [3.05, 3.63) is 0 Å². The minimum Gasteiger partial charge on any atom is -0.336 e. The zero-order valence-electron chi connectivity index (χ0n) is 10.3. The summed E-state index contributed by atoms with van der Waals surface area (Å²) in [6.07, 6.45) is 4.77. The van der Waals surface area contributed by atoms with Gasteiger partial charge in [0.05, 0.1) is 0 Å². The number of nitrogens with zero attached hydrogens (tertiary/aromatic N) is 1. The lowest BCUT2D eigenvalue weighted by atomic mass is 10.0. The van der Waals surface area contributed by atoms with Crippen molar-refractivity contribution in [3.63, 3.8) is 0 Å². The number of rotatable bonds is 2. The highest BCUT2D eigenvalue weighted by molar-refractivity contribution is 5.75. The molecule has 2 N–H and O–H groups in total. The van der Waals surface area contributed by atoms with E-state index < -0.39 is 0 Å². The first-order chi connectivity index (χ1) is 7.68. The van der Waals surface area contributed by atoms with Gasteiger partial charge in [0.15, 0.2) is 0 Å². The van der Waals surface area contributed by atoms with Crippen LogP contribution in [0.1, 0.15) is 39.5 Å². The minimum absolute atomic E-state index is 0.117. The number of carbonyl (C=O) groups excluding carboxylic acids is 1. The second-order valence-corrected chi connectivity index (χ2v) is 5.21. The lowest BCUT2D eigenvalue weighted by molar-refractivity contribution is 0.179. The molecule has 2 fully saturated rings. The summed E-state index contributed by atoms with van der Waals surface area (Å²) < 4.78 is 0. The summed E-state index contributed by atoms with van der Waals surface area (Å²) >= 11 is 0. The minimum atomic E-state index is 0.117. The lowest BCUT2D eigenvalue weighted by Gasteiger charge is -2.30. The maximum Gasteiger partial charge on any atom is 0.317 e. The first-order valence-electron chi connectivity index (χ1n) is 6.49. The van der Waals surface area contributed by atoms with E-state index in [0.717, 1.165) is 25.9 Å². The first kappa shape index (κ1) is 11.7. The zero-order chi connectivity index (χ0) is 11.5. The average Bonchev–Trinajstić information content (AvgIpc) is 2.87. The van der Waals surface area contributed by atoms with Crippen LogP contribution in [0.5, 0.6) is 0 Å². The molecule has 2 aliphatic heterocycles. The quantitative estimate of drug-likeness (QED) is 0.744. The number of urea groups is 1. The predicted molar refractivity (Wildman–Crippen MR) is 64.4 cm³/mol. The van der Waals surface area contributed by atoms with Gasteiger partial charge in [0.2, 0.25) is 0 Å². The Labute approximate surface area is 97.8 Å². The van der Waals surface area contributed by atoms with Crippen molar-refractivity contribution in [2.45, 2.75) is 57.7 Å². The zero-order valence-corrected chi connectivity index (χ0v) is 10.3. The van der Waals surface area contributed by atoms with Crippen LogP contribution in [0.3, 0.4) is 0 Å². The highest BCUT2D eigenvalue weighted by atomic mass is 16.2. The van der Waals surface area contributed by atoms with Crippen molar-refractivity contribution in [1.82, 2.24) is 15.5 Å². The SMILES string of the molecule is CC(C)NC(=O)N1CCCC1C1CCCN1. The Bertz CT molecular complexity index is 249. The van der Waals surface area contributed by atoms with Crippen LogP contribution < -0.4 is 10.6 Å². The Morgan fingerprint density at radius 2 is 2.19 bits per heavy atom. The van der Waals surface area contributed by atoms with E-state index in [1.165, 1.54) is 12.8 Å². The van der Waals surface area contributed by atoms with Gasteiger partial charge in [-0.05, 0) is 46.1 Å². The van der Waals surface area contributed by atoms with Gasteiger partial charge in [0.1, 0.15) is 0 Å². The summed E-state index contributed by atoms with van der Waals surface area (Å²) in [6.45, 7) is 6.05. The van der Waals surface area contributed by atoms with E-state index in [9.17, 15) is 4.79 Å². The molecule has 2 heterocycles. The van der Waals surface area contributed by atoms with E-state index in [0.29, 0.717) is 12.1 Å². The molecule has 2 aliphatic rings. The highest BCUT2D eigenvalue weighted by Gasteiger charge is 2.35. The van der Waals surface area contributed by atoms with Crippen molar-refractivity contribution >= 4 is 6.03 Å². The Balaban J connectivity index is 1.94. The van der Waals surface area contributed by atoms with Crippen molar-refractivity contribution in [3.8, 4) is 0 Å². The van der Waals surface area contributed by atoms with Crippen LogP contribution in [-0.2, 0) is 0 Å². The van der Waals surface area contributed by atoms with Crippen LogP contribution in [0.15, 0.2) is 0 Å². The van der Waals surface area contributed by atoms with Crippen LogP contribution in [0.2, 0.25) is 0 Å². The number of carbonyl (C=O) groups is 1. The van der Waals surface area contributed by atoms with Crippen molar-refractivity contribution in [2.24, 2.45) is 0 Å². The van der Waals surface area contributed by atoms with Crippen LogP contribution in [0.25, 0.3) is 0 Å². The lowest BCUT2D eigenvalue weighted by Crippen LogP contribution is -2.51. The number of amides is 2. The molecule has 0 aromatic rings. The van der Waals surface area contributed by atoms with Gasteiger partial charge in [-0.25, -0.2) is 4.79 Å². The van der Waals surface area contributed by atoms with Crippen molar-refractivity contribution < 1.29 is 4.79 Å². The molecule has 2 amide bonds. The van der Waals surface area contributed by atoms with E-state index in [-0.39, 0.29) is 12.1 Å². The predicted octanol–water partition coefficient (Wildman–Crippen LogP) is 1.32. The Morgan fingerprint density at radius 1 is 1.38 bits per heavy atom. The highest BCUT2D eigenvalue weighted by Crippen LogP contribution is 2.24. The topological polar surface area (TPSA) is 44.4 Å². The molecule has 0 aromatic carbocycles. The molecule has 92 valence electrons. The van der Waals surface area contributed by atoms with E-state index >= 15 is 0 Å². The van der Waals surface area contributed by atoms with Gasteiger partial charge in [-0.15, -0.1) is 0 Å². The van der Waals surface area contributed by atoms with Crippen LogP contribution in [0.4, 0.5) is 4.79 Å². The van der Waals surface area contributed by atoms with Crippen LogP contribution in [-0.4, -0.2) is 42.1 Å². The molecule has 0 spiro atoms. The smallest absolute Gasteiger partial charge is 0.317 e. The molecule has 2 rings (SSSR count). The fraction of sp³-hybridized carbons (Fsp3) is 0.917. The third-order valence-electron chi connectivity index (χ3n) is 3.54. The summed E-state index contributed by atoms with van der Waals surface area (Å²) in [6, 6.07) is 1.29. The molecule has 16 heavy (non-hydrogen) atoms. The van der Waals surface area contributed by atoms with E-state index in [4.69, 9.17) is 0 Å². The number of nitrogens with one attached hydrogen (secondary N) is 2. The fourth-order valence-electron chi connectivity index (χ4n) is 2.83. The van der Waals surface area contributed by atoms with Crippen molar-refractivity contribution in [2.75, 3.05) is 13.1 Å². The van der Waals surface area contributed by atoms with Crippen LogP contribution in [0, 0.1) is 0 Å². The van der Waals surface area contributed by atoms with Gasteiger partial charge < -0.3 is 15.5 Å². The van der Waals surface area contributed by atoms with Crippen molar-refractivity contribution in [1.29, 1.82) is 0 Å². The Hall–Kier alpha value is -0.770. The van der Waals surface area contributed by atoms with Gasteiger partial charge in [0.25, 0.3) is 0 Å². The third-order valence-corrected chi connectivity index (χ3v) is 3.54. The second-order valence-electron chi connectivity index (χ2n) is 5.21. The van der Waals surface area contributed by atoms with E-state index in [1.54, 1.807) is 0 Å². The standard InChI is InChI=1S/C12H23N3O/c1-9(2)14-12(16)15-8-4-6-11(15)10-5-3-7-13-10/h9-11,13H,3-8H2,1-2H3,(H,14,16). The van der Waals surface area contributed by atoms with Crippen LogP contribution >= 0.6 is 0 Å². The summed E-state index contributed by atoms with van der Waals surface area (Å²) in [5.74, 6) is 0. The van der Waals surface area contributed by atoms with Gasteiger partial charge in [-0.3, -0.25) is 0 Å². The summed E-state index contributed by atoms with van der Waals surface area (Å²) in [4.78, 5) is 14.0. The molecular formula is C12H23N3O. The fourth-order valence-corrected chi connectivity index (χ4v) is 2.83. The third kappa shape index (κ3) is 2.48. The van der Waals surface area contributed by atoms with Gasteiger partial charge in [-0.1, -0.05) is 0 Å². The largest absolute Gasteiger partial charge is 0.336 e. The molecule has 0 radical (unpaired) electrons. The molecule has 0 saturated carbocycles. The van der Waals surface area contributed by atoms with Gasteiger partial charge in [0, 0.05) is 24.7 Å². The second kappa shape index (κ2) is 5.04. The first-order valence-corrected chi connectivity index (χ1v) is 6.49. The summed E-state index contributed by atoms with van der Waals surface area (Å²) in [5, 5.41) is 6.51. The maximum atomic E-state index is 12.0. The Morgan fingerprint density at radius 3 is 2.81 bits per heavy atom. The number of hydrogen-bond acceptors (Lipinski definition) is 2. The Kier molecular flexibility index (Phi) is 3.69. The van der Waals surface area contributed by atoms with Gasteiger partial charge in [-0.2, -0.15) is 0 Å². The molecule has 2 saturated heterocycles. The normalized spacial score (nSPS) is 30.1. The average molecular weight is 225 g/mol. The van der Waals surface area contributed by atoms with E-state index in [2.05, 4.69) is 10.6 Å². The molecule has 4 heteroatoms. The molecular weight excluding hydrogens is 202 g/mol. The molecule has 0 aliphatic carbocycles.